The Kier molecular flexibility index (Phi) is 4.72. The summed E-state index contributed by atoms with van der Waals surface area (Å²) >= 11 is 1.30. The molecule has 114 valence electrons. The summed E-state index contributed by atoms with van der Waals surface area (Å²) in [6.07, 6.45) is 1.67. The fourth-order valence-electron chi connectivity index (χ4n) is 1.97. The molecule has 3 rings (SSSR count). The minimum Gasteiger partial charge on any atom is -1.00 e. The van der Waals surface area contributed by atoms with E-state index in [0.717, 1.165) is 6.07 Å². The molecule has 1 aromatic carbocycles. The standard InChI is InChI=1S/C14H9FN2O3S.BrH/c15-9-2-1-8-5-12(20-13(19)10(8)6-9)11(18)7-17-3-4-21-14(17)16;/h1-6,16H,7H2;1H. The highest BCUT2D eigenvalue weighted by Gasteiger charge is 2.17. The van der Waals surface area contributed by atoms with E-state index < -0.39 is 11.4 Å². The lowest BCUT2D eigenvalue weighted by atomic mass is 10.1. The minimum atomic E-state index is -0.737. The number of thiazole rings is 1. The molecular weight excluding hydrogens is 375 g/mol. The van der Waals surface area contributed by atoms with E-state index in [1.54, 1.807) is 16.1 Å². The lowest BCUT2D eigenvalue weighted by Gasteiger charge is -2.01. The molecule has 0 saturated carbocycles. The number of nitrogens with zero attached hydrogens (tertiary/aromatic N) is 1. The molecule has 0 spiro atoms. The molecule has 0 unspecified atom stereocenters. The second kappa shape index (κ2) is 6.37. The molecule has 2 aromatic heterocycles. The van der Waals surface area contributed by atoms with Crippen LogP contribution in [-0.4, -0.2) is 5.78 Å². The topological polar surface area (TPSA) is 77.2 Å². The summed E-state index contributed by atoms with van der Waals surface area (Å²) in [4.78, 5) is 24.0. The number of fused-ring (bicyclic) bond motifs is 1. The summed E-state index contributed by atoms with van der Waals surface area (Å²) in [5, 5.41) is 2.80. The van der Waals surface area contributed by atoms with E-state index in [1.807, 2.05) is 0 Å². The van der Waals surface area contributed by atoms with Gasteiger partial charge in [0.2, 0.25) is 5.78 Å². The maximum Gasteiger partial charge on any atom is 0.344 e. The summed E-state index contributed by atoms with van der Waals surface area (Å²) < 4.78 is 19.6. The predicted molar refractivity (Wildman–Crippen MR) is 75.7 cm³/mol. The number of benzene rings is 1. The van der Waals surface area contributed by atoms with Crippen molar-refractivity contribution >= 4 is 33.0 Å². The van der Waals surface area contributed by atoms with E-state index in [2.05, 4.69) is 0 Å². The Hall–Kier alpha value is -2.06. The first kappa shape index (κ1) is 16.3. The molecule has 2 N–H and O–H groups in total. The maximum atomic E-state index is 13.1. The zero-order valence-corrected chi connectivity index (χ0v) is 13.5. The Bertz CT molecular complexity index is 906. The van der Waals surface area contributed by atoms with Gasteiger partial charge >= 0.3 is 10.8 Å². The van der Waals surface area contributed by atoms with Gasteiger partial charge in [-0.2, -0.15) is 0 Å². The number of aromatic nitrogens is 1. The van der Waals surface area contributed by atoms with E-state index in [9.17, 15) is 14.0 Å². The normalized spacial score (nSPS) is 10.4. The van der Waals surface area contributed by atoms with Gasteiger partial charge in [0.1, 0.15) is 12.0 Å². The van der Waals surface area contributed by atoms with Crippen LogP contribution < -0.4 is 32.9 Å². The predicted octanol–water partition coefficient (Wildman–Crippen LogP) is -1.25. The van der Waals surface area contributed by atoms with Crippen molar-refractivity contribution in [3.05, 3.63) is 57.8 Å². The molecule has 0 aliphatic rings. The van der Waals surface area contributed by atoms with Crippen LogP contribution in [0.25, 0.3) is 10.8 Å². The molecule has 5 nitrogen and oxygen atoms in total. The van der Waals surface area contributed by atoms with Gasteiger partial charge in [0.15, 0.2) is 12.3 Å². The molecule has 0 bridgehead atoms. The van der Waals surface area contributed by atoms with Crippen LogP contribution in [-0.2, 0) is 6.54 Å². The van der Waals surface area contributed by atoms with E-state index in [1.165, 1.54) is 29.5 Å². The van der Waals surface area contributed by atoms with Crippen molar-refractivity contribution in [2.75, 3.05) is 5.73 Å². The van der Waals surface area contributed by atoms with Crippen molar-refractivity contribution in [1.29, 1.82) is 0 Å². The number of carbonyl (C=O) groups excluding carboxylic acids is 1. The van der Waals surface area contributed by atoms with Crippen molar-refractivity contribution < 1.29 is 35.2 Å². The number of Topliss-reactive ketones (excluding diaryl/α,β-unsaturated/α-hetero) is 1. The monoisotopic (exact) mass is 384 g/mol. The largest absolute Gasteiger partial charge is 1.00 e. The third-order valence-corrected chi connectivity index (χ3v) is 3.76. The molecule has 0 aliphatic carbocycles. The number of hydrogen-bond acceptors (Lipinski definition) is 5. The molecule has 8 heteroatoms. The Balaban J connectivity index is 0.00000176. The molecular formula is C14H10BrFN2O3S. The highest BCUT2D eigenvalue weighted by molar-refractivity contribution is 7.12. The Morgan fingerprint density at radius 1 is 1.36 bits per heavy atom. The number of carbonyl (C=O) groups is 1. The number of anilines is 1. The van der Waals surface area contributed by atoms with Gasteiger partial charge in [-0.1, -0.05) is 17.4 Å². The van der Waals surface area contributed by atoms with Crippen LogP contribution in [0.15, 0.2) is 45.1 Å². The zero-order chi connectivity index (χ0) is 15.0. The quantitative estimate of drug-likeness (QED) is 0.452. The third kappa shape index (κ3) is 3.07. The second-order valence-electron chi connectivity index (χ2n) is 4.42. The highest BCUT2D eigenvalue weighted by Crippen LogP contribution is 2.14. The van der Waals surface area contributed by atoms with Crippen LogP contribution in [0.2, 0.25) is 0 Å². The SMILES string of the molecule is Nc1scc[n+]1CC(=O)c1cc2ccc(F)cc2c(=O)o1.[Br-]. The van der Waals surface area contributed by atoms with E-state index in [-0.39, 0.29) is 40.5 Å². The Labute approximate surface area is 138 Å². The molecule has 2 heterocycles. The van der Waals surface area contributed by atoms with Crippen molar-refractivity contribution in [2.45, 2.75) is 6.54 Å². The first-order valence-corrected chi connectivity index (χ1v) is 6.91. The molecule has 0 aliphatic heterocycles. The molecule has 0 saturated heterocycles. The lowest BCUT2D eigenvalue weighted by Crippen LogP contribution is -3.00. The van der Waals surface area contributed by atoms with Crippen molar-refractivity contribution in [1.82, 2.24) is 0 Å². The number of halogens is 2. The highest BCUT2D eigenvalue weighted by atomic mass is 79.9. The van der Waals surface area contributed by atoms with Gasteiger partial charge in [0, 0.05) is 5.38 Å². The van der Waals surface area contributed by atoms with Crippen molar-refractivity contribution in [3.63, 3.8) is 0 Å². The fourth-order valence-corrected chi connectivity index (χ4v) is 2.58. The molecule has 0 atom stereocenters. The average molecular weight is 385 g/mol. The van der Waals surface area contributed by atoms with Crippen LogP contribution >= 0.6 is 11.3 Å². The molecule has 3 aromatic rings. The van der Waals surface area contributed by atoms with Gasteiger partial charge in [-0.3, -0.25) is 10.5 Å². The summed E-state index contributed by atoms with van der Waals surface area (Å²) in [7, 11) is 0. The minimum absolute atomic E-state index is 0. The Morgan fingerprint density at radius 2 is 2.14 bits per heavy atom. The number of hydrogen-bond donors (Lipinski definition) is 1. The Morgan fingerprint density at radius 3 is 2.82 bits per heavy atom. The summed E-state index contributed by atoms with van der Waals surface area (Å²) in [5.74, 6) is -0.985. The average Bonchev–Trinajstić information content (AvgIpc) is 2.85. The molecule has 22 heavy (non-hydrogen) atoms. The van der Waals surface area contributed by atoms with Crippen molar-refractivity contribution in [3.8, 4) is 0 Å². The summed E-state index contributed by atoms with van der Waals surface area (Å²) in [6, 6.07) is 5.18. The van der Waals surface area contributed by atoms with Crippen LogP contribution in [0.5, 0.6) is 0 Å². The first-order chi connectivity index (χ1) is 10.0. The maximum absolute atomic E-state index is 13.1. The summed E-state index contributed by atoms with van der Waals surface area (Å²) in [6.45, 7) is -0.0228. The second-order valence-corrected chi connectivity index (χ2v) is 5.35. The smallest absolute Gasteiger partial charge is 0.344 e. The van der Waals surface area contributed by atoms with Crippen molar-refractivity contribution in [2.24, 2.45) is 0 Å². The van der Waals surface area contributed by atoms with Crippen LogP contribution in [0.4, 0.5) is 9.52 Å². The van der Waals surface area contributed by atoms with Gasteiger partial charge in [-0.15, -0.1) is 0 Å². The van der Waals surface area contributed by atoms with Gasteiger partial charge < -0.3 is 21.4 Å². The molecule has 0 radical (unpaired) electrons. The first-order valence-electron chi connectivity index (χ1n) is 6.03. The summed E-state index contributed by atoms with van der Waals surface area (Å²) in [5.41, 5.74) is 4.96. The number of ketones is 1. The van der Waals surface area contributed by atoms with Crippen LogP contribution in [0.3, 0.4) is 0 Å². The van der Waals surface area contributed by atoms with Gasteiger partial charge in [0.05, 0.1) is 5.39 Å². The third-order valence-electron chi connectivity index (χ3n) is 3.03. The van der Waals surface area contributed by atoms with E-state index in [4.69, 9.17) is 10.2 Å². The van der Waals surface area contributed by atoms with Gasteiger partial charge in [0.25, 0.3) is 0 Å². The zero-order valence-electron chi connectivity index (χ0n) is 11.1. The number of nitrogen functional groups attached to an aromatic ring is 1. The lowest BCUT2D eigenvalue weighted by molar-refractivity contribution is -0.664. The van der Waals surface area contributed by atoms with Crippen LogP contribution in [0.1, 0.15) is 10.6 Å². The van der Waals surface area contributed by atoms with E-state index in [0.29, 0.717) is 10.5 Å². The van der Waals surface area contributed by atoms with E-state index >= 15 is 0 Å². The number of rotatable bonds is 3. The molecule has 0 amide bonds. The van der Waals surface area contributed by atoms with Gasteiger partial charge in [-0.05, 0) is 23.6 Å². The number of nitrogens with two attached hydrogens (primary N) is 1. The molecule has 0 fully saturated rings. The fraction of sp³-hybridized carbons (Fsp3) is 0.0714. The van der Waals surface area contributed by atoms with Crippen LogP contribution in [0, 0.1) is 5.82 Å². The van der Waals surface area contributed by atoms with Gasteiger partial charge in [-0.25, -0.2) is 13.8 Å².